The number of allylic oxidation sites excluding steroid dienone is 4. The molecule has 0 aromatic carbocycles. The van der Waals surface area contributed by atoms with Crippen molar-refractivity contribution in [3.05, 3.63) is 22.3 Å². The Morgan fingerprint density at radius 1 is 0.857 bits per heavy atom. The van der Waals surface area contributed by atoms with Crippen LogP contribution in [-0.4, -0.2) is 0 Å². The summed E-state index contributed by atoms with van der Waals surface area (Å²) >= 11 is -5.04. The summed E-state index contributed by atoms with van der Waals surface area (Å²) in [6.45, 7) is 11.2. The first-order chi connectivity index (χ1) is 6.29. The van der Waals surface area contributed by atoms with Crippen molar-refractivity contribution < 1.29 is 31.5 Å². The zero-order valence-electron chi connectivity index (χ0n) is 9.21. The minimum absolute atomic E-state index is 0.694. The topological polar surface area (TPSA) is 0 Å². The zero-order valence-corrected chi connectivity index (χ0v) is 11.7. The monoisotopic (exact) mass is 283 g/mol. The molecule has 81 valence electrons. The molecule has 1 aliphatic carbocycles. The Morgan fingerprint density at radius 3 is 1.14 bits per heavy atom. The second-order valence-electron chi connectivity index (χ2n) is 3.55. The molecule has 0 bridgehead atoms. The molecule has 14 heavy (non-hydrogen) atoms. The van der Waals surface area contributed by atoms with Crippen LogP contribution < -0.4 is 0 Å². The first kappa shape index (κ1) is 14.2. The predicted octanol–water partition coefficient (Wildman–Crippen LogP) is 4.57. The number of hydrogen-bond acceptors (Lipinski definition) is 0. The minimum atomic E-state index is -5.04. The Morgan fingerprint density at radius 2 is 1.07 bits per heavy atom. The molecule has 0 aromatic heterocycles. The van der Waals surface area contributed by atoms with Gasteiger partial charge in [-0.2, -0.15) is 0 Å². The van der Waals surface area contributed by atoms with Crippen molar-refractivity contribution in [2.45, 2.75) is 34.6 Å². The van der Waals surface area contributed by atoms with Crippen LogP contribution in [0.2, 0.25) is 0 Å². The van der Waals surface area contributed by atoms with E-state index in [1.54, 1.807) is 11.1 Å². The standard InChI is InChI=1S/C10H16.3FH.Zr/c1-6-7(2)9(4)10(5)8(6)3;;;;/h6H,1-5H3;3*1H;/q;;;;+3/p-3. The average molecular weight is 284 g/mol. The van der Waals surface area contributed by atoms with E-state index in [9.17, 15) is 7.88 Å². The van der Waals surface area contributed by atoms with Crippen LogP contribution in [0.5, 0.6) is 0 Å². The Hall–Kier alpha value is 0.153. The fraction of sp³-hybridized carbons (Fsp3) is 0.600. The first-order valence-corrected chi connectivity index (χ1v) is 7.26. The van der Waals surface area contributed by atoms with Crippen LogP contribution in [0.15, 0.2) is 22.3 Å². The van der Waals surface area contributed by atoms with E-state index in [2.05, 4.69) is 34.6 Å². The summed E-state index contributed by atoms with van der Waals surface area (Å²) in [4.78, 5) is 0. The van der Waals surface area contributed by atoms with E-state index in [1.807, 2.05) is 0 Å². The predicted molar refractivity (Wildman–Crippen MR) is 49.2 cm³/mol. The van der Waals surface area contributed by atoms with Gasteiger partial charge in [-0.05, 0) is 44.8 Å². The molecular formula is C10H16F3Zr. The molecule has 0 unspecified atom stereocenters. The molecule has 0 spiro atoms. The Balaban J connectivity index is 0.000000364. The van der Waals surface area contributed by atoms with Crippen LogP contribution in [-0.2, 0) is 23.6 Å². The van der Waals surface area contributed by atoms with Crippen LogP contribution in [0, 0.1) is 5.92 Å². The molecule has 0 aliphatic heterocycles. The van der Waals surface area contributed by atoms with Crippen LogP contribution in [0.1, 0.15) is 34.6 Å². The zero-order chi connectivity index (χ0) is 11.5. The van der Waals surface area contributed by atoms with Crippen LogP contribution in [0.4, 0.5) is 7.88 Å². The fourth-order valence-corrected chi connectivity index (χ4v) is 1.57. The Labute approximate surface area is 94.2 Å². The summed E-state index contributed by atoms with van der Waals surface area (Å²) in [5, 5.41) is 0. The van der Waals surface area contributed by atoms with Gasteiger partial charge in [0.2, 0.25) is 0 Å². The molecule has 0 N–H and O–H groups in total. The quantitative estimate of drug-likeness (QED) is 0.611. The van der Waals surface area contributed by atoms with Gasteiger partial charge in [-0.15, -0.1) is 0 Å². The molecule has 1 rings (SSSR count). The molecule has 1 aliphatic rings. The molecule has 0 radical (unpaired) electrons. The van der Waals surface area contributed by atoms with Crippen molar-refractivity contribution in [3.8, 4) is 0 Å². The van der Waals surface area contributed by atoms with Gasteiger partial charge in [0.05, 0.1) is 0 Å². The molecule has 0 amide bonds. The summed E-state index contributed by atoms with van der Waals surface area (Å²) in [6.07, 6.45) is 0. The molecule has 0 saturated heterocycles. The van der Waals surface area contributed by atoms with Crippen molar-refractivity contribution in [1.82, 2.24) is 0 Å². The Bertz CT molecular complexity index is 240. The van der Waals surface area contributed by atoms with Crippen LogP contribution in [0.3, 0.4) is 0 Å². The van der Waals surface area contributed by atoms with Crippen molar-refractivity contribution in [2.24, 2.45) is 5.92 Å². The fourth-order valence-electron chi connectivity index (χ4n) is 1.57. The molecule has 0 heterocycles. The molecular weight excluding hydrogens is 268 g/mol. The number of hydrogen-bond donors (Lipinski definition) is 0. The van der Waals surface area contributed by atoms with Gasteiger partial charge in [-0.25, -0.2) is 0 Å². The van der Waals surface area contributed by atoms with Crippen molar-refractivity contribution in [3.63, 3.8) is 0 Å². The van der Waals surface area contributed by atoms with E-state index >= 15 is 0 Å². The second kappa shape index (κ2) is 5.90. The van der Waals surface area contributed by atoms with Gasteiger partial charge < -0.3 is 0 Å². The van der Waals surface area contributed by atoms with Crippen molar-refractivity contribution >= 4 is 0 Å². The van der Waals surface area contributed by atoms with E-state index in [4.69, 9.17) is 0 Å². The number of rotatable bonds is 0. The van der Waals surface area contributed by atoms with Crippen LogP contribution >= 0.6 is 0 Å². The summed E-state index contributed by atoms with van der Waals surface area (Å²) < 4.78 is 29.6. The van der Waals surface area contributed by atoms with Gasteiger partial charge in [0.15, 0.2) is 0 Å². The molecule has 0 aromatic rings. The first-order valence-electron chi connectivity index (χ1n) is 4.47. The van der Waals surface area contributed by atoms with Gasteiger partial charge in [-0.1, -0.05) is 18.1 Å². The molecule has 4 heteroatoms. The third-order valence-electron chi connectivity index (χ3n) is 3.04. The SMILES string of the molecule is CC1=C(C)C(C)C(C)=C1C.[F][Zr]([F])[F]. The molecule has 0 saturated carbocycles. The molecule has 0 atom stereocenters. The van der Waals surface area contributed by atoms with Gasteiger partial charge >= 0.3 is 31.5 Å². The van der Waals surface area contributed by atoms with Gasteiger partial charge in [0.25, 0.3) is 0 Å². The van der Waals surface area contributed by atoms with E-state index in [1.165, 1.54) is 11.1 Å². The van der Waals surface area contributed by atoms with Crippen molar-refractivity contribution in [2.75, 3.05) is 0 Å². The van der Waals surface area contributed by atoms with E-state index < -0.39 is 23.6 Å². The van der Waals surface area contributed by atoms with E-state index in [0.29, 0.717) is 5.92 Å². The third-order valence-corrected chi connectivity index (χ3v) is 3.04. The van der Waals surface area contributed by atoms with Gasteiger partial charge in [-0.3, -0.25) is 0 Å². The maximum absolute atomic E-state index is 9.86. The van der Waals surface area contributed by atoms with E-state index in [-0.39, 0.29) is 0 Å². The third kappa shape index (κ3) is 3.72. The normalized spacial score (nSPS) is 17.1. The summed E-state index contributed by atoms with van der Waals surface area (Å²) in [7, 11) is 0. The summed E-state index contributed by atoms with van der Waals surface area (Å²) in [6, 6.07) is 0. The van der Waals surface area contributed by atoms with E-state index in [0.717, 1.165) is 0 Å². The van der Waals surface area contributed by atoms with Crippen LogP contribution in [0.25, 0.3) is 0 Å². The second-order valence-corrected chi connectivity index (χ2v) is 4.61. The van der Waals surface area contributed by atoms with Crippen molar-refractivity contribution in [1.29, 1.82) is 0 Å². The van der Waals surface area contributed by atoms with Gasteiger partial charge in [0, 0.05) is 0 Å². The summed E-state index contributed by atoms with van der Waals surface area (Å²) in [5.74, 6) is 0.694. The molecule has 0 fully saturated rings. The molecule has 0 nitrogen and oxygen atoms in total. The maximum atomic E-state index is 9.86. The number of halogens is 3. The average Bonchev–Trinajstić information content (AvgIpc) is 2.23. The summed E-state index contributed by atoms with van der Waals surface area (Å²) in [5.41, 5.74) is 6.11. The van der Waals surface area contributed by atoms with Gasteiger partial charge in [0.1, 0.15) is 0 Å². The Kier molecular flexibility index (Phi) is 5.96.